The molecule has 0 spiro atoms. The fraction of sp³-hybridized carbons (Fsp3) is 0.471. The van der Waals surface area contributed by atoms with Crippen LogP contribution in [0.1, 0.15) is 316 Å². The van der Waals surface area contributed by atoms with Crippen LogP contribution in [0.2, 0.25) is 0 Å². The van der Waals surface area contributed by atoms with Crippen LogP contribution in [0.4, 0.5) is 0 Å². The average molecular weight is 1460 g/mol. The van der Waals surface area contributed by atoms with Gasteiger partial charge in [-0.15, -0.1) is 0 Å². The number of benzene rings is 9. The summed E-state index contributed by atoms with van der Waals surface area (Å²) in [4.78, 5) is 0. The molecule has 0 unspecified atom stereocenters. The van der Waals surface area contributed by atoms with Crippen LogP contribution in [0.15, 0.2) is 164 Å². The summed E-state index contributed by atoms with van der Waals surface area (Å²) in [5, 5.41) is 0. The minimum Gasteiger partial charge on any atom is -0.385 e. The molecule has 0 atom stereocenters. The second-order valence-electron chi connectivity index (χ2n) is 43.4. The Morgan fingerprint density at radius 2 is 0.336 bits per heavy atom. The van der Waals surface area contributed by atoms with E-state index in [1.165, 1.54) is 50.1 Å². The van der Waals surface area contributed by atoms with E-state index in [-0.39, 0.29) is 65.0 Å². The molecule has 0 fully saturated rings. The van der Waals surface area contributed by atoms with Gasteiger partial charge in [0.25, 0.3) is 0 Å². The zero-order chi connectivity index (χ0) is 80.3. The third kappa shape index (κ3) is 18.9. The molecule has 0 N–H and O–H groups in total. The Morgan fingerprint density at radius 3 is 0.495 bits per heavy atom. The molecule has 4 nitrogen and oxygen atoms in total. The summed E-state index contributed by atoms with van der Waals surface area (Å²) in [7, 11) is -5.05. The van der Waals surface area contributed by atoms with Crippen LogP contribution < -0.4 is 13.6 Å². The lowest BCUT2D eigenvalue weighted by molar-refractivity contribution is 0.299. The lowest BCUT2D eigenvalue weighted by Gasteiger charge is -2.31. The Hall–Kier alpha value is -7.39. The highest BCUT2D eigenvalue weighted by molar-refractivity contribution is 7.49. The molecule has 9 rings (SSSR count). The van der Waals surface area contributed by atoms with E-state index in [4.69, 9.17) is 13.6 Å². The zero-order valence-electron chi connectivity index (χ0n) is 73.2. The quantitative estimate of drug-likeness (QED) is 0.114. The summed E-state index contributed by atoms with van der Waals surface area (Å²) in [5.41, 5.74) is 23.8. The highest BCUT2D eigenvalue weighted by atomic mass is 31.2. The Balaban J connectivity index is 1.45. The number of hydrogen-bond donors (Lipinski definition) is 0. The van der Waals surface area contributed by atoms with Crippen molar-refractivity contribution >= 4 is 7.82 Å². The maximum absolute atomic E-state index is 18.2. The van der Waals surface area contributed by atoms with Crippen LogP contribution in [0.3, 0.4) is 0 Å². The first kappa shape index (κ1) is 83.6. The smallest absolute Gasteiger partial charge is 0.385 e. The first-order valence-electron chi connectivity index (χ1n) is 39.5. The van der Waals surface area contributed by atoms with Crippen molar-refractivity contribution < 1.29 is 18.1 Å². The molecular formula is C102H135O4P. The van der Waals surface area contributed by atoms with Gasteiger partial charge in [-0.05, 0) is 218 Å². The van der Waals surface area contributed by atoms with Gasteiger partial charge >= 0.3 is 7.82 Å². The van der Waals surface area contributed by atoms with Gasteiger partial charge in [-0.25, -0.2) is 0 Å². The molecule has 0 saturated carbocycles. The monoisotopic (exact) mass is 1460 g/mol. The summed E-state index contributed by atoms with van der Waals surface area (Å²) in [6.45, 7) is 82.3. The maximum atomic E-state index is 18.2. The summed E-state index contributed by atoms with van der Waals surface area (Å²) >= 11 is 0. The molecule has 0 aliphatic heterocycles. The van der Waals surface area contributed by atoms with Gasteiger partial charge in [-0.3, -0.25) is 0 Å². The fourth-order valence-electron chi connectivity index (χ4n) is 14.6. The first-order chi connectivity index (χ1) is 48.4. The van der Waals surface area contributed by atoms with Gasteiger partial charge in [0.2, 0.25) is 0 Å². The summed E-state index contributed by atoms with van der Waals surface area (Å²) in [6, 6.07) is 60.9. The molecule has 0 bridgehead atoms. The van der Waals surface area contributed by atoms with Crippen LogP contribution in [0.5, 0.6) is 17.2 Å². The molecule has 0 aliphatic rings. The lowest BCUT2D eigenvalue weighted by atomic mass is 9.76. The Morgan fingerprint density at radius 1 is 0.178 bits per heavy atom. The van der Waals surface area contributed by atoms with E-state index < -0.39 is 7.82 Å². The molecule has 572 valence electrons. The van der Waals surface area contributed by atoms with Crippen molar-refractivity contribution in [2.24, 2.45) is 0 Å². The van der Waals surface area contributed by atoms with Crippen molar-refractivity contribution in [3.63, 3.8) is 0 Å². The second kappa shape index (κ2) is 28.5. The molecule has 0 amide bonds. The lowest BCUT2D eigenvalue weighted by Crippen LogP contribution is -2.18. The van der Waals surface area contributed by atoms with Crippen molar-refractivity contribution in [2.75, 3.05) is 0 Å². The minimum absolute atomic E-state index is 0.0755. The van der Waals surface area contributed by atoms with Gasteiger partial charge in [0.05, 0.1) is 0 Å². The van der Waals surface area contributed by atoms with E-state index in [1.54, 1.807) is 0 Å². The predicted molar refractivity (Wildman–Crippen MR) is 466 cm³/mol. The van der Waals surface area contributed by atoms with Gasteiger partial charge in [-0.2, -0.15) is 4.57 Å². The van der Waals surface area contributed by atoms with Crippen LogP contribution in [0.25, 0.3) is 66.8 Å². The first-order valence-corrected chi connectivity index (χ1v) is 40.9. The van der Waals surface area contributed by atoms with Crippen LogP contribution in [-0.4, -0.2) is 0 Å². The van der Waals surface area contributed by atoms with E-state index in [2.05, 4.69) is 395 Å². The molecule has 9 aromatic carbocycles. The van der Waals surface area contributed by atoms with Gasteiger partial charge in [-0.1, -0.05) is 377 Å². The molecule has 9 aromatic rings. The molecule has 0 heterocycles. The largest absolute Gasteiger partial charge is 0.647 e. The molecule has 5 heteroatoms. The summed E-state index contributed by atoms with van der Waals surface area (Å²) in [6.07, 6.45) is 0. The van der Waals surface area contributed by atoms with Crippen molar-refractivity contribution in [3.8, 4) is 84.0 Å². The molecular weight excluding hydrogens is 1320 g/mol. The fourth-order valence-corrected chi connectivity index (χ4v) is 15.9. The third-order valence-electron chi connectivity index (χ3n) is 21.5. The minimum atomic E-state index is -5.05. The van der Waals surface area contributed by atoms with E-state index in [1.807, 2.05) is 18.2 Å². The molecule has 0 aromatic heterocycles. The van der Waals surface area contributed by atoms with Gasteiger partial charge in [0.15, 0.2) is 0 Å². The summed E-state index contributed by atoms with van der Waals surface area (Å²) in [5.74, 6) is 1.09. The van der Waals surface area contributed by atoms with Crippen LogP contribution in [0, 0.1) is 0 Å². The topological polar surface area (TPSA) is 44.8 Å². The van der Waals surface area contributed by atoms with E-state index in [0.717, 1.165) is 83.5 Å². The standard InChI is InChI=1S/C102H135O4P/c1-91(2,3)67-40-46-73(82(58-67)97(19,20)21)64-37-52-88(79(55-64)76-49-43-70(94(10,11)12)61-85(76)100(28,29)30)104-107(103,105-89-53-38-65(74-47-41-68(92(4,5)6)59-83(74)98(22,23)24)56-80(89)77-50-44-71(95(13,14)15)62-86(77)101(31,32)33)106-90-54-39-66(75-48-42-69(93(7,8)9)60-84(75)99(25,26)27)57-81(90)78-51-45-72(96(16,17)18)63-87(78)102(34,35)36/h37-63H,1-36H3. The van der Waals surface area contributed by atoms with Gasteiger partial charge < -0.3 is 13.6 Å². The Labute approximate surface area is 650 Å². The van der Waals surface area contributed by atoms with Gasteiger partial charge in [0, 0.05) is 16.7 Å². The second-order valence-corrected chi connectivity index (χ2v) is 44.9. The van der Waals surface area contributed by atoms with Crippen molar-refractivity contribution in [1.29, 1.82) is 0 Å². The number of rotatable bonds is 12. The normalized spacial score (nSPS) is 13.6. The highest BCUT2D eigenvalue weighted by Gasteiger charge is 2.40. The molecule has 0 saturated heterocycles. The van der Waals surface area contributed by atoms with Gasteiger partial charge in [0.1, 0.15) is 17.2 Å². The van der Waals surface area contributed by atoms with Crippen molar-refractivity contribution in [1.82, 2.24) is 0 Å². The molecule has 0 aliphatic carbocycles. The molecule has 107 heavy (non-hydrogen) atoms. The maximum Gasteiger partial charge on any atom is 0.647 e. The SMILES string of the molecule is CC(C)(C)c1ccc(-c2ccc(OP(=O)(Oc3ccc(-c4ccc(C(C)(C)C)cc4C(C)(C)C)cc3-c3ccc(C(C)(C)C)cc3C(C)(C)C)Oc3ccc(-c4ccc(C(C)(C)C)cc4C(C)(C)C)cc3-c3ccc(C(C)(C)C)cc3C(C)(C)C)c(-c3ccc(C(C)(C)C)cc3C(C)(C)C)c2)c(C(C)(C)C)c1. The Bertz CT molecular complexity index is 4350. The molecule has 0 radical (unpaired) electrons. The van der Waals surface area contributed by atoms with E-state index >= 15 is 4.57 Å². The Kier molecular flexibility index (Phi) is 22.3. The van der Waals surface area contributed by atoms with Crippen LogP contribution in [-0.2, 0) is 69.5 Å². The van der Waals surface area contributed by atoms with Crippen molar-refractivity contribution in [3.05, 3.63) is 231 Å². The highest BCUT2D eigenvalue weighted by Crippen LogP contribution is 2.58. The zero-order valence-corrected chi connectivity index (χ0v) is 74.1. The number of phosphoric ester groups is 1. The van der Waals surface area contributed by atoms with E-state index in [0.29, 0.717) is 17.2 Å². The van der Waals surface area contributed by atoms with Crippen molar-refractivity contribution in [2.45, 2.75) is 314 Å². The number of phosphoric acid groups is 1. The third-order valence-corrected chi connectivity index (χ3v) is 22.8. The summed E-state index contributed by atoms with van der Waals surface area (Å²) < 4.78 is 41.3. The average Bonchev–Trinajstić information content (AvgIpc) is 0.756. The number of hydrogen-bond acceptors (Lipinski definition) is 4. The van der Waals surface area contributed by atoms with E-state index in [9.17, 15) is 0 Å². The predicted octanol–water partition coefficient (Wildman–Crippen LogP) is 30.9. The van der Waals surface area contributed by atoms with Crippen LogP contribution >= 0.6 is 7.82 Å².